The predicted molar refractivity (Wildman–Crippen MR) is 78.4 cm³/mol. The van der Waals surface area contributed by atoms with Gasteiger partial charge in [0, 0.05) is 11.1 Å². The van der Waals surface area contributed by atoms with Crippen LogP contribution in [0.3, 0.4) is 0 Å². The summed E-state index contributed by atoms with van der Waals surface area (Å²) < 4.78 is 2.64. The summed E-state index contributed by atoms with van der Waals surface area (Å²) >= 11 is 18.9. The Morgan fingerprint density at radius 1 is 1.33 bits per heavy atom. The minimum absolute atomic E-state index is 0.519. The van der Waals surface area contributed by atoms with E-state index in [0.717, 1.165) is 15.9 Å². The minimum atomic E-state index is 0.519. The summed E-state index contributed by atoms with van der Waals surface area (Å²) in [7, 11) is 0. The first-order valence-corrected chi connectivity index (χ1v) is 7.14. The van der Waals surface area contributed by atoms with Gasteiger partial charge in [-0.2, -0.15) is 0 Å². The lowest BCUT2D eigenvalue weighted by Crippen LogP contribution is -1.97. The number of imidazole rings is 1. The fraction of sp³-hybridized carbons (Fsp3) is 0.0909. The highest BCUT2D eigenvalue weighted by atomic mass is 35.5. The summed E-state index contributed by atoms with van der Waals surface area (Å²) in [5.74, 6) is 0. The van der Waals surface area contributed by atoms with Gasteiger partial charge in [-0.1, -0.05) is 23.2 Å². The van der Waals surface area contributed by atoms with Crippen LogP contribution < -0.4 is 0 Å². The molecule has 0 saturated heterocycles. The van der Waals surface area contributed by atoms with Crippen molar-refractivity contribution in [2.75, 3.05) is 0 Å². The number of nitrogens with zero attached hydrogens (tertiary/aromatic N) is 2. The number of benzene rings is 1. The van der Waals surface area contributed by atoms with Crippen LogP contribution in [0.4, 0.5) is 0 Å². The standard InChI is InChI=1S/C11H7Cl2N3S2/c12-7-1-9-10(2-8(7)13)16(11(17)15-9)4-6-3-14-5-18-6/h1-3,5H,4H2,(H,15,17). The molecule has 0 fully saturated rings. The van der Waals surface area contributed by atoms with Gasteiger partial charge in [0.25, 0.3) is 0 Å². The van der Waals surface area contributed by atoms with Crippen LogP contribution in [-0.4, -0.2) is 14.5 Å². The van der Waals surface area contributed by atoms with E-state index in [1.807, 2.05) is 16.8 Å². The summed E-state index contributed by atoms with van der Waals surface area (Å²) in [6.45, 7) is 0.682. The lowest BCUT2D eigenvalue weighted by atomic mass is 10.3. The molecule has 18 heavy (non-hydrogen) atoms. The maximum atomic E-state index is 6.05. The Labute approximate surface area is 122 Å². The van der Waals surface area contributed by atoms with E-state index in [1.54, 1.807) is 22.9 Å². The average molecular weight is 316 g/mol. The molecular formula is C11H7Cl2N3S2. The molecular weight excluding hydrogens is 309 g/mol. The zero-order valence-electron chi connectivity index (χ0n) is 8.98. The molecule has 1 aromatic carbocycles. The van der Waals surface area contributed by atoms with Crippen LogP contribution in [0.15, 0.2) is 23.8 Å². The van der Waals surface area contributed by atoms with E-state index in [-0.39, 0.29) is 0 Å². The molecule has 0 unspecified atom stereocenters. The van der Waals surface area contributed by atoms with Crippen molar-refractivity contribution in [3.05, 3.63) is 43.5 Å². The molecule has 2 aromatic heterocycles. The molecule has 0 saturated carbocycles. The number of aromatic amines is 1. The predicted octanol–water partition coefficient (Wildman–Crippen LogP) is 4.51. The molecule has 0 amide bonds. The first kappa shape index (κ1) is 12.2. The third-order valence-electron chi connectivity index (χ3n) is 2.61. The van der Waals surface area contributed by atoms with Crippen molar-refractivity contribution in [2.24, 2.45) is 0 Å². The van der Waals surface area contributed by atoms with Crippen molar-refractivity contribution in [3.8, 4) is 0 Å². The Hall–Kier alpha value is -0.880. The lowest BCUT2D eigenvalue weighted by Gasteiger charge is -2.03. The topological polar surface area (TPSA) is 33.6 Å². The molecule has 3 aromatic rings. The molecule has 0 aliphatic heterocycles. The second kappa shape index (κ2) is 4.66. The van der Waals surface area contributed by atoms with Gasteiger partial charge in [-0.3, -0.25) is 4.98 Å². The number of nitrogens with one attached hydrogen (secondary N) is 1. The van der Waals surface area contributed by atoms with Crippen LogP contribution in [0.25, 0.3) is 11.0 Å². The number of aromatic nitrogens is 3. The molecule has 0 aliphatic rings. The molecule has 7 heteroatoms. The highest BCUT2D eigenvalue weighted by Gasteiger charge is 2.09. The molecule has 0 bridgehead atoms. The number of thiazole rings is 1. The van der Waals surface area contributed by atoms with Crippen molar-refractivity contribution >= 4 is 57.8 Å². The summed E-state index contributed by atoms with van der Waals surface area (Å²) in [5, 5.41) is 1.04. The molecule has 92 valence electrons. The van der Waals surface area contributed by atoms with Crippen molar-refractivity contribution < 1.29 is 0 Å². The monoisotopic (exact) mass is 315 g/mol. The van der Waals surface area contributed by atoms with E-state index in [2.05, 4.69) is 9.97 Å². The fourth-order valence-electron chi connectivity index (χ4n) is 1.78. The number of halogens is 2. The normalized spacial score (nSPS) is 11.2. The van der Waals surface area contributed by atoms with Gasteiger partial charge < -0.3 is 9.55 Å². The zero-order valence-corrected chi connectivity index (χ0v) is 12.1. The Kier molecular flexibility index (Phi) is 3.15. The molecule has 2 heterocycles. The van der Waals surface area contributed by atoms with Gasteiger partial charge in [0.1, 0.15) is 0 Å². The third-order valence-corrected chi connectivity index (χ3v) is 4.42. The molecule has 0 atom stereocenters. The van der Waals surface area contributed by atoms with Crippen LogP contribution in [0.2, 0.25) is 10.0 Å². The van der Waals surface area contributed by atoms with Gasteiger partial charge in [-0.15, -0.1) is 11.3 Å². The maximum Gasteiger partial charge on any atom is 0.178 e. The van der Waals surface area contributed by atoms with Crippen molar-refractivity contribution in [2.45, 2.75) is 6.54 Å². The van der Waals surface area contributed by atoms with Gasteiger partial charge in [0.15, 0.2) is 4.77 Å². The zero-order chi connectivity index (χ0) is 12.7. The summed E-state index contributed by atoms with van der Waals surface area (Å²) in [4.78, 5) is 8.32. The first-order chi connectivity index (χ1) is 8.65. The van der Waals surface area contributed by atoms with Crippen LogP contribution in [-0.2, 0) is 6.54 Å². The molecule has 0 spiro atoms. The smallest absolute Gasteiger partial charge is 0.178 e. The highest BCUT2D eigenvalue weighted by molar-refractivity contribution is 7.71. The first-order valence-electron chi connectivity index (χ1n) is 5.10. The molecule has 1 N–H and O–H groups in total. The minimum Gasteiger partial charge on any atom is -0.331 e. The third kappa shape index (κ3) is 2.07. The van der Waals surface area contributed by atoms with Crippen LogP contribution in [0.5, 0.6) is 0 Å². The van der Waals surface area contributed by atoms with E-state index < -0.39 is 0 Å². The molecule has 0 radical (unpaired) electrons. The van der Waals surface area contributed by atoms with E-state index in [1.165, 1.54) is 0 Å². The van der Waals surface area contributed by atoms with E-state index in [4.69, 9.17) is 35.4 Å². The van der Waals surface area contributed by atoms with Crippen LogP contribution >= 0.6 is 46.8 Å². The largest absolute Gasteiger partial charge is 0.331 e. The summed E-state index contributed by atoms with van der Waals surface area (Å²) in [6.07, 6.45) is 1.84. The SMILES string of the molecule is S=c1[nH]c2cc(Cl)c(Cl)cc2n1Cc1cncs1. The average Bonchev–Trinajstić information content (AvgIpc) is 2.92. The van der Waals surface area contributed by atoms with Gasteiger partial charge >= 0.3 is 0 Å². The Balaban J connectivity index is 2.19. The molecule has 0 aliphatic carbocycles. The van der Waals surface area contributed by atoms with Gasteiger partial charge in [0.05, 0.1) is 33.1 Å². The number of hydrogen-bond donors (Lipinski definition) is 1. The van der Waals surface area contributed by atoms with Crippen molar-refractivity contribution in [1.82, 2.24) is 14.5 Å². The number of fused-ring (bicyclic) bond motifs is 1. The van der Waals surface area contributed by atoms with Gasteiger partial charge in [-0.05, 0) is 24.4 Å². The Bertz CT molecular complexity index is 759. The van der Waals surface area contributed by atoms with Crippen LogP contribution in [0, 0.1) is 4.77 Å². The summed E-state index contributed by atoms with van der Waals surface area (Å²) in [6, 6.07) is 3.62. The maximum absolute atomic E-state index is 6.05. The number of hydrogen-bond acceptors (Lipinski definition) is 3. The fourth-order valence-corrected chi connectivity index (χ4v) is 2.96. The van der Waals surface area contributed by atoms with E-state index in [9.17, 15) is 0 Å². The summed E-state index contributed by atoms with van der Waals surface area (Å²) in [5.41, 5.74) is 3.64. The Morgan fingerprint density at radius 2 is 2.11 bits per heavy atom. The van der Waals surface area contributed by atoms with Crippen molar-refractivity contribution in [1.29, 1.82) is 0 Å². The number of H-pyrrole nitrogens is 1. The molecule has 3 rings (SSSR count). The quantitative estimate of drug-likeness (QED) is 0.706. The van der Waals surface area contributed by atoms with Gasteiger partial charge in [-0.25, -0.2) is 0 Å². The van der Waals surface area contributed by atoms with Crippen LogP contribution in [0.1, 0.15) is 4.88 Å². The lowest BCUT2D eigenvalue weighted by molar-refractivity contribution is 0.821. The number of rotatable bonds is 2. The van der Waals surface area contributed by atoms with E-state index >= 15 is 0 Å². The second-order valence-electron chi connectivity index (χ2n) is 3.77. The second-order valence-corrected chi connectivity index (χ2v) is 5.94. The Morgan fingerprint density at radius 3 is 2.83 bits per heavy atom. The highest BCUT2D eigenvalue weighted by Crippen LogP contribution is 2.28. The van der Waals surface area contributed by atoms with Gasteiger partial charge in [0.2, 0.25) is 0 Å². The molecule has 3 nitrogen and oxygen atoms in total. The van der Waals surface area contributed by atoms with Crippen molar-refractivity contribution in [3.63, 3.8) is 0 Å². The van der Waals surface area contributed by atoms with E-state index in [0.29, 0.717) is 21.4 Å².